The van der Waals surface area contributed by atoms with E-state index in [1.807, 2.05) is 20.8 Å². The van der Waals surface area contributed by atoms with Crippen LogP contribution in [0.3, 0.4) is 0 Å². The molecule has 0 bridgehead atoms. The SMILES string of the molecule is Cc1c(C(=O)NC(C(N)=S)C(C)C)cnn1C. The quantitative estimate of drug-likeness (QED) is 0.778. The summed E-state index contributed by atoms with van der Waals surface area (Å²) in [6.45, 7) is 5.76. The Balaban J connectivity index is 2.85. The van der Waals surface area contributed by atoms with Crippen LogP contribution in [0.25, 0.3) is 0 Å². The lowest BCUT2D eigenvalue weighted by molar-refractivity contribution is 0.0939. The number of carbonyl (C=O) groups is 1. The number of nitrogens with zero attached hydrogens (tertiary/aromatic N) is 2. The number of hydrogen-bond acceptors (Lipinski definition) is 3. The monoisotopic (exact) mass is 254 g/mol. The molecule has 1 amide bonds. The average molecular weight is 254 g/mol. The molecular formula is C11H18N4OS. The molecule has 1 aromatic heterocycles. The maximum absolute atomic E-state index is 12.0. The van der Waals surface area contributed by atoms with Crippen LogP contribution < -0.4 is 11.1 Å². The number of amides is 1. The maximum atomic E-state index is 12.0. The van der Waals surface area contributed by atoms with E-state index >= 15 is 0 Å². The van der Waals surface area contributed by atoms with Gasteiger partial charge in [-0.2, -0.15) is 5.10 Å². The molecule has 3 N–H and O–H groups in total. The molecule has 0 saturated carbocycles. The van der Waals surface area contributed by atoms with Gasteiger partial charge in [-0.15, -0.1) is 0 Å². The van der Waals surface area contributed by atoms with Gasteiger partial charge in [0.1, 0.15) is 0 Å². The summed E-state index contributed by atoms with van der Waals surface area (Å²) in [6, 6.07) is -0.294. The Morgan fingerprint density at radius 3 is 2.53 bits per heavy atom. The Morgan fingerprint density at radius 1 is 1.59 bits per heavy atom. The lowest BCUT2D eigenvalue weighted by atomic mass is 10.0. The summed E-state index contributed by atoms with van der Waals surface area (Å²) in [5, 5.41) is 6.85. The second-order valence-electron chi connectivity index (χ2n) is 4.36. The molecule has 0 aromatic carbocycles. The van der Waals surface area contributed by atoms with Gasteiger partial charge in [0.2, 0.25) is 0 Å². The standard InChI is InChI=1S/C11H18N4OS/c1-6(2)9(10(12)17)14-11(16)8-5-13-15(4)7(8)3/h5-6,9H,1-4H3,(H2,12,17)(H,14,16). The summed E-state index contributed by atoms with van der Waals surface area (Å²) in [5.41, 5.74) is 6.97. The van der Waals surface area contributed by atoms with E-state index in [0.29, 0.717) is 10.6 Å². The third kappa shape index (κ3) is 3.03. The van der Waals surface area contributed by atoms with Crippen LogP contribution in [-0.2, 0) is 7.05 Å². The van der Waals surface area contributed by atoms with E-state index in [1.165, 1.54) is 0 Å². The number of rotatable bonds is 4. The van der Waals surface area contributed by atoms with Crippen molar-refractivity contribution in [1.82, 2.24) is 15.1 Å². The predicted molar refractivity (Wildman–Crippen MR) is 70.8 cm³/mol. The van der Waals surface area contributed by atoms with Crippen molar-refractivity contribution in [1.29, 1.82) is 0 Å². The van der Waals surface area contributed by atoms with Gasteiger partial charge >= 0.3 is 0 Å². The molecule has 1 heterocycles. The summed E-state index contributed by atoms with van der Waals surface area (Å²) in [7, 11) is 1.79. The van der Waals surface area contributed by atoms with Crippen molar-refractivity contribution in [3.05, 3.63) is 17.5 Å². The topological polar surface area (TPSA) is 72.9 Å². The van der Waals surface area contributed by atoms with Gasteiger partial charge in [-0.25, -0.2) is 0 Å². The molecule has 0 aliphatic heterocycles. The fraction of sp³-hybridized carbons (Fsp3) is 0.545. The summed E-state index contributed by atoms with van der Waals surface area (Å²) in [5.74, 6) is -0.0319. The van der Waals surface area contributed by atoms with Gasteiger partial charge in [0.15, 0.2) is 0 Å². The van der Waals surface area contributed by atoms with E-state index < -0.39 is 0 Å². The van der Waals surface area contributed by atoms with E-state index in [2.05, 4.69) is 10.4 Å². The van der Waals surface area contributed by atoms with Crippen LogP contribution in [0.2, 0.25) is 0 Å². The first-order chi connectivity index (χ1) is 7.84. The Hall–Kier alpha value is -1.43. The fourth-order valence-electron chi connectivity index (χ4n) is 1.51. The van der Waals surface area contributed by atoms with E-state index in [0.717, 1.165) is 5.69 Å². The maximum Gasteiger partial charge on any atom is 0.255 e. The minimum atomic E-state index is -0.294. The highest BCUT2D eigenvalue weighted by atomic mass is 32.1. The average Bonchev–Trinajstić information content (AvgIpc) is 2.55. The first-order valence-corrected chi connectivity index (χ1v) is 5.84. The molecule has 1 aromatic rings. The number of thiocarbonyl (C=S) groups is 1. The molecule has 1 unspecified atom stereocenters. The minimum absolute atomic E-state index is 0.161. The molecule has 1 atom stereocenters. The highest BCUT2D eigenvalue weighted by Gasteiger charge is 2.21. The molecule has 0 radical (unpaired) electrons. The van der Waals surface area contributed by atoms with E-state index in [4.69, 9.17) is 18.0 Å². The van der Waals surface area contributed by atoms with Crippen molar-refractivity contribution in [2.24, 2.45) is 18.7 Å². The van der Waals surface area contributed by atoms with Crippen LogP contribution in [0.15, 0.2) is 6.20 Å². The summed E-state index contributed by atoms with van der Waals surface area (Å²) >= 11 is 4.94. The number of aryl methyl sites for hydroxylation is 1. The van der Waals surface area contributed by atoms with Crippen molar-refractivity contribution < 1.29 is 4.79 Å². The Morgan fingerprint density at radius 2 is 2.18 bits per heavy atom. The molecular weight excluding hydrogens is 236 g/mol. The van der Waals surface area contributed by atoms with E-state index in [9.17, 15) is 4.79 Å². The molecule has 5 nitrogen and oxygen atoms in total. The summed E-state index contributed by atoms with van der Waals surface area (Å²) in [6.07, 6.45) is 1.54. The molecule has 17 heavy (non-hydrogen) atoms. The van der Waals surface area contributed by atoms with Gasteiger partial charge in [-0.05, 0) is 12.8 Å². The van der Waals surface area contributed by atoms with Crippen LogP contribution in [-0.4, -0.2) is 26.7 Å². The van der Waals surface area contributed by atoms with Crippen molar-refractivity contribution in [3.63, 3.8) is 0 Å². The van der Waals surface area contributed by atoms with E-state index in [-0.39, 0.29) is 17.9 Å². The first-order valence-electron chi connectivity index (χ1n) is 5.43. The number of carbonyl (C=O) groups excluding carboxylic acids is 1. The van der Waals surface area contributed by atoms with Crippen LogP contribution in [0.4, 0.5) is 0 Å². The minimum Gasteiger partial charge on any atom is -0.392 e. The van der Waals surface area contributed by atoms with Crippen molar-refractivity contribution in [2.75, 3.05) is 0 Å². The number of hydrogen-bond donors (Lipinski definition) is 2. The Bertz CT molecular complexity index is 439. The molecule has 0 fully saturated rings. The molecule has 6 heteroatoms. The third-order valence-corrected chi connectivity index (χ3v) is 2.99. The highest BCUT2D eigenvalue weighted by molar-refractivity contribution is 7.80. The largest absolute Gasteiger partial charge is 0.392 e. The second-order valence-corrected chi connectivity index (χ2v) is 4.84. The zero-order chi connectivity index (χ0) is 13.2. The number of aromatic nitrogens is 2. The van der Waals surface area contributed by atoms with Gasteiger partial charge in [-0.3, -0.25) is 9.48 Å². The normalized spacial score (nSPS) is 12.5. The lowest BCUT2D eigenvalue weighted by Gasteiger charge is -2.20. The van der Waals surface area contributed by atoms with Gasteiger partial charge in [0.25, 0.3) is 5.91 Å². The van der Waals surface area contributed by atoms with Crippen molar-refractivity contribution >= 4 is 23.1 Å². The molecule has 94 valence electrons. The van der Waals surface area contributed by atoms with Crippen molar-refractivity contribution in [3.8, 4) is 0 Å². The molecule has 0 aliphatic carbocycles. The zero-order valence-electron chi connectivity index (χ0n) is 10.5. The summed E-state index contributed by atoms with van der Waals surface area (Å²) < 4.78 is 1.65. The fourth-order valence-corrected chi connectivity index (χ4v) is 1.84. The van der Waals surface area contributed by atoms with Crippen LogP contribution in [0.1, 0.15) is 29.9 Å². The predicted octanol–water partition coefficient (Wildman–Crippen LogP) is 0.769. The highest BCUT2D eigenvalue weighted by Crippen LogP contribution is 2.08. The second kappa shape index (κ2) is 5.27. The number of nitrogens with one attached hydrogen (secondary N) is 1. The first kappa shape index (κ1) is 13.6. The molecule has 0 aliphatic rings. The lowest BCUT2D eigenvalue weighted by Crippen LogP contribution is -2.46. The van der Waals surface area contributed by atoms with Crippen LogP contribution >= 0.6 is 12.2 Å². The number of nitrogens with two attached hydrogens (primary N) is 1. The van der Waals surface area contributed by atoms with Gasteiger partial charge in [0, 0.05) is 12.7 Å². The molecule has 1 rings (SSSR count). The Labute approximate surface area is 106 Å². The van der Waals surface area contributed by atoms with Gasteiger partial charge in [0.05, 0.1) is 22.8 Å². The van der Waals surface area contributed by atoms with Crippen LogP contribution in [0.5, 0.6) is 0 Å². The Kier molecular flexibility index (Phi) is 4.22. The van der Waals surface area contributed by atoms with Crippen LogP contribution in [0, 0.1) is 12.8 Å². The molecule has 0 saturated heterocycles. The van der Waals surface area contributed by atoms with E-state index in [1.54, 1.807) is 17.9 Å². The third-order valence-electron chi connectivity index (χ3n) is 2.74. The van der Waals surface area contributed by atoms with Gasteiger partial charge < -0.3 is 11.1 Å². The summed E-state index contributed by atoms with van der Waals surface area (Å²) in [4.78, 5) is 12.3. The molecule has 0 spiro atoms. The van der Waals surface area contributed by atoms with Gasteiger partial charge in [-0.1, -0.05) is 26.1 Å². The smallest absolute Gasteiger partial charge is 0.255 e. The van der Waals surface area contributed by atoms with Crippen molar-refractivity contribution in [2.45, 2.75) is 26.8 Å². The zero-order valence-corrected chi connectivity index (χ0v) is 11.3.